The summed E-state index contributed by atoms with van der Waals surface area (Å²) in [5.41, 5.74) is 3.70. The second kappa shape index (κ2) is 9.43. The van der Waals surface area contributed by atoms with E-state index in [1.165, 1.54) is 0 Å². The first-order valence-electron chi connectivity index (χ1n) is 7.58. The molecule has 0 aliphatic heterocycles. The number of carboxylic acids is 1. The third-order valence-electron chi connectivity index (χ3n) is 3.16. The molecule has 0 saturated carbocycles. The Morgan fingerprint density at radius 2 is 1.54 bits per heavy atom. The Morgan fingerprint density at radius 3 is 2.12 bits per heavy atom. The van der Waals surface area contributed by atoms with Crippen LogP contribution in [0.25, 0.3) is 0 Å². The Hall–Kier alpha value is -3.06. The summed E-state index contributed by atoms with van der Waals surface area (Å²) in [7, 11) is 0. The second-order valence-corrected chi connectivity index (χ2v) is 5.60. The molecule has 136 valence electrons. The number of benzene rings is 2. The Morgan fingerprint density at radius 1 is 1.00 bits per heavy atom. The molecule has 2 aromatic carbocycles. The number of amides is 1. The molecule has 26 heavy (non-hydrogen) atoms. The van der Waals surface area contributed by atoms with E-state index in [1.807, 2.05) is 0 Å². The summed E-state index contributed by atoms with van der Waals surface area (Å²) in [6.07, 6.45) is 0. The van der Waals surface area contributed by atoms with E-state index in [-0.39, 0.29) is 6.61 Å². The molecule has 0 heterocycles. The molecule has 0 aromatic heterocycles. The van der Waals surface area contributed by atoms with E-state index in [0.29, 0.717) is 22.2 Å². The van der Waals surface area contributed by atoms with E-state index in [0.717, 1.165) is 5.56 Å². The van der Waals surface area contributed by atoms with Crippen LogP contribution in [0, 0.1) is 0 Å². The number of rotatable bonds is 8. The van der Waals surface area contributed by atoms with Crippen molar-refractivity contribution in [3.8, 4) is 11.5 Å². The van der Waals surface area contributed by atoms with Gasteiger partial charge in [0, 0.05) is 5.02 Å². The Labute approximate surface area is 155 Å². The van der Waals surface area contributed by atoms with Gasteiger partial charge in [-0.05, 0) is 61.0 Å². The number of hydrogen-bond acceptors (Lipinski definition) is 6. The molecule has 0 radical (unpaired) electrons. The van der Waals surface area contributed by atoms with Crippen LogP contribution in [0.3, 0.4) is 0 Å². The van der Waals surface area contributed by atoms with Gasteiger partial charge in [0.25, 0.3) is 5.91 Å². The van der Waals surface area contributed by atoms with Gasteiger partial charge in [0.05, 0.1) is 11.7 Å². The molecular weight excluding hydrogens is 360 g/mol. The predicted octanol–water partition coefficient (Wildman–Crippen LogP) is 1.39. The van der Waals surface area contributed by atoms with Crippen molar-refractivity contribution in [3.63, 3.8) is 0 Å². The summed E-state index contributed by atoms with van der Waals surface area (Å²) in [5, 5.41) is 14.9. The summed E-state index contributed by atoms with van der Waals surface area (Å²) in [6, 6.07) is 13.2. The van der Waals surface area contributed by atoms with Gasteiger partial charge in [-0.2, -0.15) is 5.10 Å². The van der Waals surface area contributed by atoms with E-state index in [4.69, 9.17) is 21.1 Å². The van der Waals surface area contributed by atoms with Crippen molar-refractivity contribution in [2.45, 2.75) is 6.92 Å². The third-order valence-corrected chi connectivity index (χ3v) is 3.41. The number of hydrogen-bond donors (Lipinski definition) is 1. The molecule has 8 heteroatoms. The number of halogens is 1. The minimum atomic E-state index is -1.30. The summed E-state index contributed by atoms with van der Waals surface area (Å²) in [5.74, 6) is -0.785. The first-order valence-corrected chi connectivity index (χ1v) is 7.96. The van der Waals surface area contributed by atoms with Crippen molar-refractivity contribution < 1.29 is 24.2 Å². The summed E-state index contributed by atoms with van der Waals surface area (Å²) < 4.78 is 10.3. The van der Waals surface area contributed by atoms with Crippen LogP contribution in [-0.4, -0.2) is 30.8 Å². The highest BCUT2D eigenvalue weighted by atomic mass is 35.5. The maximum atomic E-state index is 11.8. The van der Waals surface area contributed by atoms with Crippen molar-refractivity contribution in [2.24, 2.45) is 5.10 Å². The van der Waals surface area contributed by atoms with Gasteiger partial charge in [-0.15, -0.1) is 0 Å². The van der Waals surface area contributed by atoms with Crippen molar-refractivity contribution in [2.75, 3.05) is 13.2 Å². The monoisotopic (exact) mass is 375 g/mol. The molecule has 7 nitrogen and oxygen atoms in total. The molecule has 2 rings (SSSR count). The number of carbonyl (C=O) groups is 2. The average Bonchev–Trinajstić information content (AvgIpc) is 2.64. The van der Waals surface area contributed by atoms with Crippen molar-refractivity contribution in [1.29, 1.82) is 0 Å². The fourth-order valence-electron chi connectivity index (χ4n) is 1.86. The van der Waals surface area contributed by atoms with Crippen LogP contribution >= 0.6 is 11.6 Å². The minimum Gasteiger partial charge on any atom is -0.546 e. The highest BCUT2D eigenvalue weighted by molar-refractivity contribution is 6.30. The van der Waals surface area contributed by atoms with Crippen LogP contribution in [0.5, 0.6) is 11.5 Å². The van der Waals surface area contributed by atoms with Gasteiger partial charge in [0.1, 0.15) is 18.1 Å². The van der Waals surface area contributed by atoms with E-state index < -0.39 is 18.5 Å². The fourth-order valence-corrected chi connectivity index (χ4v) is 1.98. The standard InChI is InChI=1S/C18H17ClN2O5/c1-12(13-2-6-15(7-3-13)26-11-18(23)24)20-21-17(22)10-25-16-8-4-14(19)5-9-16/h2-9H,10-11H2,1H3,(H,21,22)(H,23,24)/p-1/b20-12-. The van der Waals surface area contributed by atoms with Gasteiger partial charge < -0.3 is 19.4 Å². The van der Waals surface area contributed by atoms with Gasteiger partial charge in [-0.3, -0.25) is 4.79 Å². The molecule has 2 aromatic rings. The predicted molar refractivity (Wildman–Crippen MR) is 94.2 cm³/mol. The smallest absolute Gasteiger partial charge is 0.277 e. The van der Waals surface area contributed by atoms with E-state index in [2.05, 4.69) is 10.5 Å². The molecule has 1 amide bonds. The fraction of sp³-hybridized carbons (Fsp3) is 0.167. The van der Waals surface area contributed by atoms with Crippen molar-refractivity contribution in [1.82, 2.24) is 5.43 Å². The van der Waals surface area contributed by atoms with E-state index >= 15 is 0 Å². The minimum absolute atomic E-state index is 0.186. The van der Waals surface area contributed by atoms with Crippen molar-refractivity contribution in [3.05, 3.63) is 59.1 Å². The number of nitrogens with one attached hydrogen (secondary N) is 1. The lowest BCUT2D eigenvalue weighted by Crippen LogP contribution is -2.28. The number of nitrogens with zero attached hydrogens (tertiary/aromatic N) is 1. The average molecular weight is 376 g/mol. The molecular formula is C18H16ClN2O5-. The zero-order valence-corrected chi connectivity index (χ0v) is 14.7. The van der Waals surface area contributed by atoms with Gasteiger partial charge >= 0.3 is 0 Å². The Kier molecular flexibility index (Phi) is 6.99. The number of carbonyl (C=O) groups excluding carboxylic acids is 2. The highest BCUT2D eigenvalue weighted by Crippen LogP contribution is 2.15. The first-order chi connectivity index (χ1) is 12.4. The summed E-state index contributed by atoms with van der Waals surface area (Å²) in [4.78, 5) is 22.1. The molecule has 0 unspecified atom stereocenters. The largest absolute Gasteiger partial charge is 0.546 e. The normalized spacial score (nSPS) is 10.9. The van der Waals surface area contributed by atoms with Gasteiger partial charge in [0.15, 0.2) is 6.61 Å². The van der Waals surface area contributed by atoms with Gasteiger partial charge in [0.2, 0.25) is 0 Å². The van der Waals surface area contributed by atoms with Crippen molar-refractivity contribution >= 4 is 29.2 Å². The summed E-state index contributed by atoms with van der Waals surface area (Å²) in [6.45, 7) is 1.02. The quantitative estimate of drug-likeness (QED) is 0.555. The first kappa shape index (κ1) is 19.3. The lowest BCUT2D eigenvalue weighted by atomic mass is 10.1. The van der Waals surface area contributed by atoms with Crippen LogP contribution in [-0.2, 0) is 9.59 Å². The molecule has 0 bridgehead atoms. The zero-order chi connectivity index (χ0) is 18.9. The Balaban J connectivity index is 1.83. The second-order valence-electron chi connectivity index (χ2n) is 5.16. The number of ether oxygens (including phenoxy) is 2. The summed E-state index contributed by atoms with van der Waals surface area (Å²) >= 11 is 5.77. The highest BCUT2D eigenvalue weighted by Gasteiger charge is 2.04. The molecule has 0 atom stereocenters. The molecule has 0 aliphatic rings. The van der Waals surface area contributed by atoms with E-state index in [1.54, 1.807) is 55.5 Å². The van der Waals surface area contributed by atoms with Crippen LogP contribution in [0.2, 0.25) is 5.02 Å². The van der Waals surface area contributed by atoms with E-state index in [9.17, 15) is 14.7 Å². The number of hydrazone groups is 1. The lowest BCUT2D eigenvalue weighted by molar-refractivity contribution is -0.307. The van der Waals surface area contributed by atoms with Crippen LogP contribution in [0.15, 0.2) is 53.6 Å². The van der Waals surface area contributed by atoms with Gasteiger partial charge in [-0.25, -0.2) is 5.43 Å². The maximum Gasteiger partial charge on any atom is 0.277 e. The maximum absolute atomic E-state index is 11.8. The Bertz CT molecular complexity index is 788. The molecule has 0 aliphatic carbocycles. The lowest BCUT2D eigenvalue weighted by Gasteiger charge is -2.08. The van der Waals surface area contributed by atoms with Crippen LogP contribution in [0.4, 0.5) is 0 Å². The van der Waals surface area contributed by atoms with Crippen LogP contribution in [0.1, 0.15) is 12.5 Å². The SMILES string of the molecule is C/C(=N/NC(=O)COc1ccc(Cl)cc1)c1ccc(OCC(=O)[O-])cc1. The molecule has 0 spiro atoms. The third kappa shape index (κ3) is 6.45. The molecule has 0 fully saturated rings. The molecule has 0 saturated heterocycles. The van der Waals surface area contributed by atoms with Gasteiger partial charge in [-0.1, -0.05) is 11.6 Å². The topological polar surface area (TPSA) is 100 Å². The zero-order valence-electron chi connectivity index (χ0n) is 13.9. The molecule has 1 N–H and O–H groups in total. The number of aliphatic carboxylic acids is 1. The number of carboxylic acid groups (broad SMARTS) is 1. The van der Waals surface area contributed by atoms with Crippen LogP contribution < -0.4 is 20.0 Å².